The summed E-state index contributed by atoms with van der Waals surface area (Å²) in [6.45, 7) is 9.00. The van der Waals surface area contributed by atoms with Gasteiger partial charge in [-0.25, -0.2) is 4.98 Å². The number of carbonyl (C=O) groups is 1. The Balaban J connectivity index is 1.67. The summed E-state index contributed by atoms with van der Waals surface area (Å²) in [6, 6.07) is 0.272. The second kappa shape index (κ2) is 8.14. The molecule has 1 aliphatic rings. The van der Waals surface area contributed by atoms with Crippen LogP contribution in [0.25, 0.3) is 0 Å². The smallest absolute Gasteiger partial charge is 0.221 e. The van der Waals surface area contributed by atoms with Gasteiger partial charge in [-0.3, -0.25) is 9.69 Å². The van der Waals surface area contributed by atoms with Gasteiger partial charge in [-0.15, -0.1) is 0 Å². The van der Waals surface area contributed by atoms with Gasteiger partial charge in [0.25, 0.3) is 0 Å². The first-order valence-corrected chi connectivity index (χ1v) is 7.79. The van der Waals surface area contributed by atoms with E-state index in [-0.39, 0.29) is 11.9 Å². The fourth-order valence-electron chi connectivity index (χ4n) is 2.66. The highest BCUT2D eigenvalue weighted by Gasteiger charge is 2.19. The number of hydrogen-bond donors (Lipinski definition) is 1. The molecule has 1 aromatic rings. The van der Waals surface area contributed by atoms with Crippen LogP contribution in [-0.2, 0) is 22.5 Å². The van der Waals surface area contributed by atoms with Crippen molar-refractivity contribution in [3.05, 3.63) is 18.2 Å². The molecule has 1 amide bonds. The number of aryl methyl sites for hydroxylation is 1. The lowest BCUT2D eigenvalue weighted by Gasteiger charge is -2.31. The number of imidazole rings is 1. The molecule has 1 saturated heterocycles. The number of ether oxygens (including phenoxy) is 1. The average molecular weight is 294 g/mol. The topological polar surface area (TPSA) is 59.4 Å². The summed E-state index contributed by atoms with van der Waals surface area (Å²) in [4.78, 5) is 18.6. The zero-order valence-corrected chi connectivity index (χ0v) is 13.0. The van der Waals surface area contributed by atoms with Crippen LogP contribution < -0.4 is 5.32 Å². The summed E-state index contributed by atoms with van der Waals surface area (Å²) in [6.07, 6.45) is 5.22. The van der Waals surface area contributed by atoms with Crippen molar-refractivity contribution >= 4 is 5.91 Å². The first-order chi connectivity index (χ1) is 10.2. The number of carbonyl (C=O) groups excluding carboxylic acids is 1. The molecule has 2 heterocycles. The summed E-state index contributed by atoms with van der Waals surface area (Å²) in [5.74, 6) is 1.18. The van der Waals surface area contributed by atoms with Crippen molar-refractivity contribution in [2.75, 3.05) is 32.8 Å². The Hall–Kier alpha value is -1.40. The monoisotopic (exact) mass is 294 g/mol. The summed E-state index contributed by atoms with van der Waals surface area (Å²) in [5, 5.41) is 3.00. The SMILES string of the molecule is CCc1nccn1CCNC(=O)CC(C)N1CCOCC1. The molecule has 2 rings (SSSR count). The quantitative estimate of drug-likeness (QED) is 0.803. The van der Waals surface area contributed by atoms with Crippen LogP contribution in [0.2, 0.25) is 0 Å². The van der Waals surface area contributed by atoms with E-state index >= 15 is 0 Å². The number of morpholine rings is 1. The van der Waals surface area contributed by atoms with Crippen molar-refractivity contribution in [3.63, 3.8) is 0 Å². The highest BCUT2D eigenvalue weighted by atomic mass is 16.5. The van der Waals surface area contributed by atoms with E-state index in [2.05, 4.69) is 33.6 Å². The Morgan fingerprint density at radius 1 is 1.48 bits per heavy atom. The first kappa shape index (κ1) is 16.0. The zero-order valence-electron chi connectivity index (χ0n) is 13.0. The molecule has 0 spiro atoms. The van der Waals surface area contributed by atoms with Crippen molar-refractivity contribution in [2.24, 2.45) is 0 Å². The maximum absolute atomic E-state index is 12.0. The number of nitrogens with zero attached hydrogens (tertiary/aromatic N) is 3. The van der Waals surface area contributed by atoms with E-state index in [4.69, 9.17) is 4.74 Å². The zero-order chi connectivity index (χ0) is 15.1. The fourth-order valence-corrected chi connectivity index (χ4v) is 2.66. The Morgan fingerprint density at radius 3 is 2.95 bits per heavy atom. The van der Waals surface area contributed by atoms with Crippen LogP contribution in [0.3, 0.4) is 0 Å². The van der Waals surface area contributed by atoms with E-state index < -0.39 is 0 Å². The first-order valence-electron chi connectivity index (χ1n) is 7.79. The molecular formula is C15H26N4O2. The van der Waals surface area contributed by atoms with E-state index in [1.807, 2.05) is 6.20 Å². The molecule has 0 bridgehead atoms. The minimum atomic E-state index is 0.118. The fraction of sp³-hybridized carbons (Fsp3) is 0.733. The summed E-state index contributed by atoms with van der Waals surface area (Å²) in [7, 11) is 0. The predicted molar refractivity (Wildman–Crippen MR) is 81.1 cm³/mol. The van der Waals surface area contributed by atoms with E-state index in [9.17, 15) is 4.79 Å². The number of hydrogen-bond acceptors (Lipinski definition) is 4. The summed E-state index contributed by atoms with van der Waals surface area (Å²) >= 11 is 0. The normalized spacial score (nSPS) is 17.6. The van der Waals surface area contributed by atoms with Gasteiger partial charge in [-0.2, -0.15) is 0 Å². The Bertz CT molecular complexity index is 441. The van der Waals surface area contributed by atoms with Crippen molar-refractivity contribution in [2.45, 2.75) is 39.3 Å². The third-order valence-corrected chi connectivity index (χ3v) is 3.94. The molecular weight excluding hydrogens is 268 g/mol. The third-order valence-electron chi connectivity index (χ3n) is 3.94. The van der Waals surface area contributed by atoms with Crippen LogP contribution in [0.5, 0.6) is 0 Å². The van der Waals surface area contributed by atoms with E-state index in [1.165, 1.54) is 0 Å². The van der Waals surface area contributed by atoms with Crippen molar-refractivity contribution in [3.8, 4) is 0 Å². The van der Waals surface area contributed by atoms with Gasteiger partial charge in [0.05, 0.1) is 13.2 Å². The van der Waals surface area contributed by atoms with Gasteiger partial charge < -0.3 is 14.6 Å². The van der Waals surface area contributed by atoms with Gasteiger partial charge in [-0.05, 0) is 6.92 Å². The Kier molecular flexibility index (Phi) is 6.20. The number of amides is 1. The summed E-state index contributed by atoms with van der Waals surface area (Å²) < 4.78 is 7.42. The third kappa shape index (κ3) is 4.82. The minimum absolute atomic E-state index is 0.118. The predicted octanol–water partition coefficient (Wildman–Crippen LogP) is 0.673. The lowest BCUT2D eigenvalue weighted by atomic mass is 10.2. The molecule has 1 atom stereocenters. The van der Waals surface area contributed by atoms with Gasteiger partial charge in [0.15, 0.2) is 0 Å². The lowest BCUT2D eigenvalue weighted by Crippen LogP contribution is -2.44. The second-order valence-corrected chi connectivity index (χ2v) is 5.44. The van der Waals surface area contributed by atoms with Crippen LogP contribution in [0.1, 0.15) is 26.1 Å². The number of aromatic nitrogens is 2. The highest BCUT2D eigenvalue weighted by molar-refractivity contribution is 5.76. The van der Waals surface area contributed by atoms with Crippen molar-refractivity contribution in [1.82, 2.24) is 19.8 Å². The van der Waals surface area contributed by atoms with E-state index in [1.54, 1.807) is 6.20 Å². The lowest BCUT2D eigenvalue weighted by molar-refractivity contribution is -0.122. The molecule has 1 N–H and O–H groups in total. The number of rotatable bonds is 7. The molecule has 1 aliphatic heterocycles. The standard InChI is InChI=1S/C15H26N4O2/c1-3-14-16-4-6-19(14)7-5-17-15(20)12-13(2)18-8-10-21-11-9-18/h4,6,13H,3,5,7-12H2,1-2H3,(H,17,20). The van der Waals surface area contributed by atoms with Crippen molar-refractivity contribution in [1.29, 1.82) is 0 Å². The largest absolute Gasteiger partial charge is 0.379 e. The average Bonchev–Trinajstić information content (AvgIpc) is 2.95. The number of nitrogens with one attached hydrogen (secondary N) is 1. The molecule has 1 aromatic heterocycles. The van der Waals surface area contributed by atoms with Gasteiger partial charge in [0.2, 0.25) is 5.91 Å². The molecule has 0 aromatic carbocycles. The van der Waals surface area contributed by atoms with Gasteiger partial charge in [-0.1, -0.05) is 6.92 Å². The van der Waals surface area contributed by atoms with Crippen LogP contribution in [0, 0.1) is 0 Å². The molecule has 118 valence electrons. The maximum atomic E-state index is 12.0. The molecule has 1 unspecified atom stereocenters. The Morgan fingerprint density at radius 2 is 2.24 bits per heavy atom. The molecule has 6 heteroatoms. The minimum Gasteiger partial charge on any atom is -0.379 e. The van der Waals surface area contributed by atoms with Crippen molar-refractivity contribution < 1.29 is 9.53 Å². The van der Waals surface area contributed by atoms with Gasteiger partial charge >= 0.3 is 0 Å². The van der Waals surface area contributed by atoms with E-state index in [0.717, 1.165) is 45.1 Å². The highest BCUT2D eigenvalue weighted by Crippen LogP contribution is 2.06. The van der Waals surface area contributed by atoms with Crippen LogP contribution in [0.15, 0.2) is 12.4 Å². The molecule has 1 fully saturated rings. The van der Waals surface area contributed by atoms with Gasteiger partial charge in [0.1, 0.15) is 5.82 Å². The summed E-state index contributed by atoms with van der Waals surface area (Å²) in [5.41, 5.74) is 0. The maximum Gasteiger partial charge on any atom is 0.221 e. The van der Waals surface area contributed by atoms with Gasteiger partial charge in [0, 0.05) is 57.5 Å². The molecule has 0 saturated carbocycles. The molecule has 0 aliphatic carbocycles. The Labute approximate surface area is 126 Å². The van der Waals surface area contributed by atoms with E-state index in [0.29, 0.717) is 13.0 Å². The molecule has 0 radical (unpaired) electrons. The van der Waals surface area contributed by atoms with Crippen LogP contribution in [0.4, 0.5) is 0 Å². The second-order valence-electron chi connectivity index (χ2n) is 5.44. The molecule has 21 heavy (non-hydrogen) atoms. The molecule has 6 nitrogen and oxygen atoms in total. The van der Waals surface area contributed by atoms with Crippen LogP contribution in [-0.4, -0.2) is 59.2 Å². The van der Waals surface area contributed by atoms with Crippen LogP contribution >= 0.6 is 0 Å².